The predicted octanol–water partition coefficient (Wildman–Crippen LogP) is 1.74. The first-order valence-corrected chi connectivity index (χ1v) is 6.31. The zero-order chi connectivity index (χ0) is 11.4. The van der Waals surface area contributed by atoms with Gasteiger partial charge in [-0.05, 0) is 18.0 Å². The Kier molecular flexibility index (Phi) is 3.69. The third-order valence-electron chi connectivity index (χ3n) is 2.46. The van der Waals surface area contributed by atoms with E-state index >= 15 is 0 Å². The van der Waals surface area contributed by atoms with Crippen LogP contribution < -0.4 is 10.2 Å². The summed E-state index contributed by atoms with van der Waals surface area (Å²) in [5.74, 6) is 1.03. The molecule has 0 aliphatic carbocycles. The van der Waals surface area contributed by atoms with E-state index < -0.39 is 0 Å². The van der Waals surface area contributed by atoms with Gasteiger partial charge < -0.3 is 10.2 Å². The molecule has 0 aliphatic rings. The lowest BCUT2D eigenvalue weighted by Crippen LogP contribution is -2.29. The van der Waals surface area contributed by atoms with E-state index in [0.717, 1.165) is 31.0 Å². The SMILES string of the molecule is CCNCCN(C)c1ncnc2ccsc12. The molecule has 0 aromatic carbocycles. The Morgan fingerprint density at radius 1 is 1.44 bits per heavy atom. The topological polar surface area (TPSA) is 41.0 Å². The number of nitrogens with zero attached hydrogens (tertiary/aromatic N) is 3. The largest absolute Gasteiger partial charge is 0.357 e. The zero-order valence-electron chi connectivity index (χ0n) is 9.60. The smallest absolute Gasteiger partial charge is 0.149 e. The van der Waals surface area contributed by atoms with Crippen molar-refractivity contribution in [2.45, 2.75) is 6.92 Å². The highest BCUT2D eigenvalue weighted by Crippen LogP contribution is 2.26. The maximum atomic E-state index is 4.36. The van der Waals surface area contributed by atoms with Gasteiger partial charge in [0.25, 0.3) is 0 Å². The van der Waals surface area contributed by atoms with Gasteiger partial charge in [0.15, 0.2) is 0 Å². The molecule has 16 heavy (non-hydrogen) atoms. The molecule has 4 nitrogen and oxygen atoms in total. The molecule has 5 heteroatoms. The third kappa shape index (κ3) is 2.31. The summed E-state index contributed by atoms with van der Waals surface area (Å²) in [6, 6.07) is 2.03. The maximum absolute atomic E-state index is 4.36. The fourth-order valence-electron chi connectivity index (χ4n) is 1.58. The highest BCUT2D eigenvalue weighted by Gasteiger charge is 2.08. The molecular formula is C11H16N4S. The molecule has 1 N–H and O–H groups in total. The van der Waals surface area contributed by atoms with Crippen LogP contribution in [0.25, 0.3) is 10.2 Å². The molecule has 0 atom stereocenters. The second-order valence-electron chi connectivity index (χ2n) is 3.61. The normalized spacial score (nSPS) is 10.9. The summed E-state index contributed by atoms with van der Waals surface area (Å²) in [5.41, 5.74) is 1.03. The van der Waals surface area contributed by atoms with Crippen LogP contribution >= 0.6 is 11.3 Å². The molecule has 86 valence electrons. The standard InChI is InChI=1S/C11H16N4S/c1-3-12-5-6-15(2)11-10-9(4-7-16-10)13-8-14-11/h4,7-8,12H,3,5-6H2,1-2H3. The molecule has 2 aromatic heterocycles. The van der Waals surface area contributed by atoms with E-state index in [0.29, 0.717) is 0 Å². The Morgan fingerprint density at radius 2 is 2.31 bits per heavy atom. The Balaban J connectivity index is 2.15. The molecule has 2 heterocycles. The average molecular weight is 236 g/mol. The Morgan fingerprint density at radius 3 is 3.12 bits per heavy atom. The van der Waals surface area contributed by atoms with Gasteiger partial charge in [-0.25, -0.2) is 9.97 Å². The van der Waals surface area contributed by atoms with Crippen LogP contribution in [-0.4, -0.2) is 36.6 Å². The minimum atomic E-state index is 0.956. The number of anilines is 1. The molecule has 0 saturated heterocycles. The first kappa shape index (κ1) is 11.3. The van der Waals surface area contributed by atoms with E-state index in [4.69, 9.17) is 0 Å². The molecule has 0 saturated carbocycles. The van der Waals surface area contributed by atoms with Crippen LogP contribution in [0.2, 0.25) is 0 Å². The van der Waals surface area contributed by atoms with E-state index in [1.807, 2.05) is 6.07 Å². The summed E-state index contributed by atoms with van der Waals surface area (Å²) in [4.78, 5) is 10.8. The fraction of sp³-hybridized carbons (Fsp3) is 0.455. The van der Waals surface area contributed by atoms with Crippen LogP contribution in [0, 0.1) is 0 Å². The van der Waals surface area contributed by atoms with Crippen molar-refractivity contribution >= 4 is 27.4 Å². The van der Waals surface area contributed by atoms with Crippen LogP contribution in [-0.2, 0) is 0 Å². The van der Waals surface area contributed by atoms with Crippen LogP contribution in [0.1, 0.15) is 6.92 Å². The van der Waals surface area contributed by atoms with Gasteiger partial charge in [0.1, 0.15) is 12.1 Å². The summed E-state index contributed by atoms with van der Waals surface area (Å²) in [5, 5.41) is 5.37. The number of fused-ring (bicyclic) bond motifs is 1. The number of thiophene rings is 1. The van der Waals surface area contributed by atoms with E-state index in [2.05, 4.69) is 39.5 Å². The second-order valence-corrected chi connectivity index (χ2v) is 4.52. The lowest BCUT2D eigenvalue weighted by molar-refractivity contribution is 0.703. The Hall–Kier alpha value is -1.20. The van der Waals surface area contributed by atoms with Gasteiger partial charge in [0, 0.05) is 20.1 Å². The van der Waals surface area contributed by atoms with Gasteiger partial charge in [-0.3, -0.25) is 0 Å². The first-order chi connectivity index (χ1) is 7.83. The van der Waals surface area contributed by atoms with Crippen LogP contribution in [0.3, 0.4) is 0 Å². The lowest BCUT2D eigenvalue weighted by atomic mass is 10.4. The minimum absolute atomic E-state index is 0.956. The van der Waals surface area contributed by atoms with Gasteiger partial charge in [0.2, 0.25) is 0 Å². The summed E-state index contributed by atoms with van der Waals surface area (Å²) < 4.78 is 1.17. The first-order valence-electron chi connectivity index (χ1n) is 5.43. The number of nitrogens with one attached hydrogen (secondary N) is 1. The van der Waals surface area contributed by atoms with Crippen molar-refractivity contribution in [1.29, 1.82) is 0 Å². The summed E-state index contributed by atoms with van der Waals surface area (Å²) in [6.07, 6.45) is 1.63. The predicted molar refractivity (Wildman–Crippen MR) is 69.2 cm³/mol. The molecule has 0 unspecified atom stereocenters. The van der Waals surface area contributed by atoms with Gasteiger partial charge in [-0.1, -0.05) is 6.92 Å². The van der Waals surface area contributed by atoms with Gasteiger partial charge >= 0.3 is 0 Å². The van der Waals surface area contributed by atoms with Crippen LogP contribution in [0.15, 0.2) is 17.8 Å². The summed E-state index contributed by atoms with van der Waals surface area (Å²) in [7, 11) is 2.07. The van der Waals surface area contributed by atoms with Crippen molar-refractivity contribution in [3.05, 3.63) is 17.8 Å². The molecule has 0 spiro atoms. The minimum Gasteiger partial charge on any atom is -0.357 e. The van der Waals surface area contributed by atoms with Crippen molar-refractivity contribution in [3.63, 3.8) is 0 Å². The van der Waals surface area contributed by atoms with E-state index in [9.17, 15) is 0 Å². The van der Waals surface area contributed by atoms with E-state index in [-0.39, 0.29) is 0 Å². The van der Waals surface area contributed by atoms with E-state index in [1.165, 1.54) is 4.70 Å². The van der Waals surface area contributed by atoms with Crippen LogP contribution in [0.5, 0.6) is 0 Å². The van der Waals surface area contributed by atoms with Gasteiger partial charge in [-0.15, -0.1) is 11.3 Å². The van der Waals surface area contributed by atoms with Crippen molar-refractivity contribution < 1.29 is 0 Å². The number of hydrogen-bond donors (Lipinski definition) is 1. The molecule has 0 bridgehead atoms. The van der Waals surface area contributed by atoms with Crippen molar-refractivity contribution in [2.24, 2.45) is 0 Å². The second kappa shape index (κ2) is 5.23. The molecule has 0 amide bonds. The molecule has 2 aromatic rings. The number of aromatic nitrogens is 2. The average Bonchev–Trinajstić information content (AvgIpc) is 2.76. The fourth-order valence-corrected chi connectivity index (χ4v) is 2.47. The molecule has 0 radical (unpaired) electrons. The van der Waals surface area contributed by atoms with Gasteiger partial charge in [-0.2, -0.15) is 0 Å². The number of rotatable bonds is 5. The molecule has 2 rings (SSSR count). The Labute approximate surface area is 99.3 Å². The monoisotopic (exact) mass is 236 g/mol. The third-order valence-corrected chi connectivity index (χ3v) is 3.36. The highest BCUT2D eigenvalue weighted by atomic mass is 32.1. The summed E-state index contributed by atoms with van der Waals surface area (Å²) >= 11 is 1.69. The van der Waals surface area contributed by atoms with Gasteiger partial charge in [0.05, 0.1) is 10.2 Å². The lowest BCUT2D eigenvalue weighted by Gasteiger charge is -2.18. The molecular weight excluding hydrogens is 220 g/mol. The quantitative estimate of drug-likeness (QED) is 0.803. The molecule has 0 fully saturated rings. The zero-order valence-corrected chi connectivity index (χ0v) is 10.4. The number of likely N-dealkylation sites (N-methyl/N-ethyl adjacent to an activating group) is 2. The Bertz CT molecular complexity index is 454. The number of hydrogen-bond acceptors (Lipinski definition) is 5. The highest BCUT2D eigenvalue weighted by molar-refractivity contribution is 7.17. The van der Waals surface area contributed by atoms with Crippen molar-refractivity contribution in [2.75, 3.05) is 31.6 Å². The summed E-state index contributed by atoms with van der Waals surface area (Å²) in [6.45, 7) is 5.05. The van der Waals surface area contributed by atoms with Crippen molar-refractivity contribution in [3.8, 4) is 0 Å². The van der Waals surface area contributed by atoms with Crippen molar-refractivity contribution in [1.82, 2.24) is 15.3 Å². The molecule has 0 aliphatic heterocycles. The van der Waals surface area contributed by atoms with E-state index in [1.54, 1.807) is 17.7 Å². The van der Waals surface area contributed by atoms with Crippen LogP contribution in [0.4, 0.5) is 5.82 Å². The maximum Gasteiger partial charge on any atom is 0.149 e.